The maximum Gasteiger partial charge on any atom is 0.289 e. The first-order valence-electron chi connectivity index (χ1n) is 5.33. The second kappa shape index (κ2) is 5.24. The van der Waals surface area contributed by atoms with E-state index < -0.39 is 12.0 Å². The Labute approximate surface area is 102 Å². The van der Waals surface area contributed by atoms with Crippen molar-refractivity contribution < 1.29 is 14.3 Å². The van der Waals surface area contributed by atoms with Crippen LogP contribution in [0.1, 0.15) is 30.3 Å². The third kappa shape index (κ3) is 3.01. The lowest BCUT2D eigenvalue weighted by molar-refractivity contribution is -0.132. The molecule has 1 aromatic rings. The summed E-state index contributed by atoms with van der Waals surface area (Å²) in [6, 6.07) is 1.58. The molecule has 1 aliphatic rings. The van der Waals surface area contributed by atoms with Crippen LogP contribution in [0.25, 0.3) is 0 Å². The molecule has 0 bridgehead atoms. The molecule has 0 aliphatic carbocycles. The van der Waals surface area contributed by atoms with Crippen molar-refractivity contribution in [1.29, 1.82) is 0 Å². The number of amides is 2. The van der Waals surface area contributed by atoms with Gasteiger partial charge in [0.1, 0.15) is 11.8 Å². The van der Waals surface area contributed by atoms with Crippen molar-refractivity contribution in [1.82, 2.24) is 15.2 Å². The molecule has 2 N–H and O–H groups in total. The summed E-state index contributed by atoms with van der Waals surface area (Å²) in [5, 5.41) is 1.69. The van der Waals surface area contributed by atoms with Gasteiger partial charge in [0.15, 0.2) is 0 Å². The number of hydrogen-bond donors (Lipinski definition) is 2. The second-order valence-corrected chi connectivity index (χ2v) is 4.51. The van der Waals surface area contributed by atoms with Crippen molar-refractivity contribution in [3.05, 3.63) is 17.1 Å². The standard InChI is InChI=1S/C10H13N3O3S/c1-6-2-3-8(16-6)10(15)12-11-9(14)7-4-5-17-13-7/h4-6,8H,2-3H2,1H3,(H,11,14)(H,12,15)/t6-,8-/m1/s1. The predicted molar refractivity (Wildman–Crippen MR) is 61.3 cm³/mol. The lowest BCUT2D eigenvalue weighted by Crippen LogP contribution is -2.46. The lowest BCUT2D eigenvalue weighted by atomic mass is 10.2. The number of nitrogens with one attached hydrogen (secondary N) is 2. The molecule has 17 heavy (non-hydrogen) atoms. The number of ether oxygens (including phenoxy) is 1. The summed E-state index contributed by atoms with van der Waals surface area (Å²) < 4.78 is 9.22. The van der Waals surface area contributed by atoms with E-state index in [-0.39, 0.29) is 17.7 Å². The fourth-order valence-corrected chi connectivity index (χ4v) is 2.10. The summed E-state index contributed by atoms with van der Waals surface area (Å²) in [7, 11) is 0. The van der Waals surface area contributed by atoms with Gasteiger partial charge in [0, 0.05) is 5.38 Å². The molecule has 7 heteroatoms. The zero-order chi connectivity index (χ0) is 12.3. The molecule has 92 valence electrons. The van der Waals surface area contributed by atoms with Gasteiger partial charge in [0.05, 0.1) is 6.10 Å². The fraction of sp³-hybridized carbons (Fsp3) is 0.500. The summed E-state index contributed by atoms with van der Waals surface area (Å²) in [4.78, 5) is 23.1. The smallest absolute Gasteiger partial charge is 0.289 e. The predicted octanol–water partition coefficient (Wildman–Crippen LogP) is 0.472. The van der Waals surface area contributed by atoms with Crippen molar-refractivity contribution >= 4 is 23.3 Å². The van der Waals surface area contributed by atoms with Crippen molar-refractivity contribution in [2.24, 2.45) is 0 Å². The number of carbonyl (C=O) groups excluding carboxylic acids is 2. The number of nitrogens with zero attached hydrogens (tertiary/aromatic N) is 1. The van der Waals surface area contributed by atoms with Crippen LogP contribution in [0.3, 0.4) is 0 Å². The van der Waals surface area contributed by atoms with E-state index in [4.69, 9.17) is 4.74 Å². The Morgan fingerprint density at radius 2 is 2.29 bits per heavy atom. The number of hydrogen-bond acceptors (Lipinski definition) is 5. The molecule has 2 rings (SSSR count). The summed E-state index contributed by atoms with van der Waals surface area (Å²) >= 11 is 1.18. The molecule has 2 heterocycles. The first kappa shape index (κ1) is 12.0. The van der Waals surface area contributed by atoms with Gasteiger partial charge >= 0.3 is 0 Å². The summed E-state index contributed by atoms with van der Waals surface area (Å²) in [5.74, 6) is -0.747. The highest BCUT2D eigenvalue weighted by Gasteiger charge is 2.28. The lowest BCUT2D eigenvalue weighted by Gasteiger charge is -2.11. The maximum absolute atomic E-state index is 11.6. The highest BCUT2D eigenvalue weighted by Crippen LogP contribution is 2.18. The molecule has 2 amide bonds. The number of rotatable bonds is 2. The first-order chi connectivity index (χ1) is 8.16. The quantitative estimate of drug-likeness (QED) is 0.753. The van der Waals surface area contributed by atoms with E-state index in [1.165, 1.54) is 11.5 Å². The van der Waals surface area contributed by atoms with Gasteiger partial charge in [-0.15, -0.1) is 0 Å². The molecule has 0 spiro atoms. The van der Waals surface area contributed by atoms with E-state index >= 15 is 0 Å². The minimum absolute atomic E-state index is 0.0972. The molecule has 1 aliphatic heterocycles. The average Bonchev–Trinajstić information content (AvgIpc) is 2.95. The van der Waals surface area contributed by atoms with Gasteiger partial charge in [-0.1, -0.05) is 0 Å². The molecule has 1 fully saturated rings. The molecule has 6 nitrogen and oxygen atoms in total. The molecule has 0 radical (unpaired) electrons. The van der Waals surface area contributed by atoms with Crippen molar-refractivity contribution in [3.63, 3.8) is 0 Å². The number of aromatic nitrogens is 1. The monoisotopic (exact) mass is 255 g/mol. The van der Waals surface area contributed by atoms with Crippen LogP contribution in [-0.2, 0) is 9.53 Å². The Hall–Kier alpha value is -1.47. The van der Waals surface area contributed by atoms with Crippen molar-refractivity contribution in [3.8, 4) is 0 Å². The van der Waals surface area contributed by atoms with Gasteiger partial charge in [-0.05, 0) is 37.4 Å². The number of carbonyl (C=O) groups is 2. The van der Waals surface area contributed by atoms with E-state index in [2.05, 4.69) is 15.2 Å². The van der Waals surface area contributed by atoms with Gasteiger partial charge in [-0.3, -0.25) is 20.4 Å². The van der Waals surface area contributed by atoms with Crippen LogP contribution in [0.15, 0.2) is 11.4 Å². The van der Waals surface area contributed by atoms with Crippen molar-refractivity contribution in [2.75, 3.05) is 0 Å². The van der Waals surface area contributed by atoms with E-state index in [1.54, 1.807) is 11.4 Å². The molecule has 0 aromatic carbocycles. The highest BCUT2D eigenvalue weighted by atomic mass is 32.1. The third-order valence-electron chi connectivity index (χ3n) is 2.49. The molecule has 0 saturated carbocycles. The fourth-order valence-electron chi connectivity index (χ4n) is 1.59. The van der Waals surface area contributed by atoms with Crippen LogP contribution in [0.5, 0.6) is 0 Å². The van der Waals surface area contributed by atoms with Gasteiger partial charge in [-0.25, -0.2) is 0 Å². The van der Waals surface area contributed by atoms with E-state index in [0.29, 0.717) is 6.42 Å². The van der Waals surface area contributed by atoms with Crippen LogP contribution < -0.4 is 10.9 Å². The molecular formula is C10H13N3O3S. The molecule has 1 aromatic heterocycles. The van der Waals surface area contributed by atoms with Gasteiger partial charge in [0.25, 0.3) is 11.8 Å². The minimum atomic E-state index is -0.472. The van der Waals surface area contributed by atoms with Gasteiger partial charge in [-0.2, -0.15) is 4.37 Å². The number of hydrazine groups is 1. The van der Waals surface area contributed by atoms with E-state index in [9.17, 15) is 9.59 Å². The molecule has 0 unspecified atom stereocenters. The zero-order valence-electron chi connectivity index (χ0n) is 9.30. The SMILES string of the molecule is C[C@@H]1CC[C@H](C(=O)NNC(=O)c2ccsn2)O1. The molecular weight excluding hydrogens is 242 g/mol. The zero-order valence-corrected chi connectivity index (χ0v) is 10.1. The van der Waals surface area contributed by atoms with Crippen LogP contribution in [0.2, 0.25) is 0 Å². The Morgan fingerprint density at radius 3 is 2.88 bits per heavy atom. The Kier molecular flexibility index (Phi) is 3.70. The van der Waals surface area contributed by atoms with Gasteiger partial charge in [0.2, 0.25) is 0 Å². The summed E-state index contributed by atoms with van der Waals surface area (Å²) in [6.07, 6.45) is 1.17. The molecule has 1 saturated heterocycles. The largest absolute Gasteiger partial charge is 0.365 e. The van der Waals surface area contributed by atoms with E-state index in [0.717, 1.165) is 6.42 Å². The van der Waals surface area contributed by atoms with Crippen LogP contribution in [0, 0.1) is 0 Å². The summed E-state index contributed by atoms with van der Waals surface area (Å²) in [6.45, 7) is 1.92. The molecule has 2 atom stereocenters. The normalized spacial score (nSPS) is 23.4. The van der Waals surface area contributed by atoms with Crippen LogP contribution >= 0.6 is 11.5 Å². The maximum atomic E-state index is 11.6. The topological polar surface area (TPSA) is 80.3 Å². The van der Waals surface area contributed by atoms with E-state index in [1.807, 2.05) is 6.92 Å². The van der Waals surface area contributed by atoms with Crippen molar-refractivity contribution in [2.45, 2.75) is 32.0 Å². The minimum Gasteiger partial charge on any atom is -0.365 e. The Balaban J connectivity index is 1.78. The first-order valence-corrected chi connectivity index (χ1v) is 6.16. The highest BCUT2D eigenvalue weighted by molar-refractivity contribution is 7.03. The summed E-state index contributed by atoms with van der Waals surface area (Å²) in [5.41, 5.74) is 4.92. The third-order valence-corrected chi connectivity index (χ3v) is 3.05. The Morgan fingerprint density at radius 1 is 1.47 bits per heavy atom. The van der Waals surface area contributed by atoms with Gasteiger partial charge < -0.3 is 4.74 Å². The van der Waals surface area contributed by atoms with Crippen LogP contribution in [-0.4, -0.2) is 28.4 Å². The second-order valence-electron chi connectivity index (χ2n) is 3.84. The average molecular weight is 255 g/mol. The Bertz CT molecular complexity index is 407. The van der Waals surface area contributed by atoms with Crippen LogP contribution in [0.4, 0.5) is 0 Å².